The molecule has 0 N–H and O–H groups in total. The van der Waals surface area contributed by atoms with Gasteiger partial charge in [-0.15, -0.1) is 11.3 Å². The van der Waals surface area contributed by atoms with Gasteiger partial charge in [0, 0.05) is 47.1 Å². The quantitative estimate of drug-likeness (QED) is 0.608. The van der Waals surface area contributed by atoms with Crippen molar-refractivity contribution in [1.82, 2.24) is 14.8 Å². The highest BCUT2D eigenvalue weighted by Crippen LogP contribution is 2.26. The molecule has 0 atom stereocenters. The Bertz CT molecular complexity index is 768. The molecule has 0 bridgehead atoms. The summed E-state index contributed by atoms with van der Waals surface area (Å²) in [5.41, 5.74) is 2.07. The minimum atomic E-state index is 0.109. The van der Waals surface area contributed by atoms with Crippen molar-refractivity contribution in [1.29, 1.82) is 0 Å². The molecule has 1 aliphatic rings. The van der Waals surface area contributed by atoms with Crippen LogP contribution in [0.3, 0.4) is 0 Å². The Morgan fingerprint density at radius 2 is 1.96 bits per heavy atom. The van der Waals surface area contributed by atoms with Crippen LogP contribution in [0.1, 0.15) is 48.3 Å². The van der Waals surface area contributed by atoms with E-state index in [1.165, 1.54) is 5.01 Å². The van der Waals surface area contributed by atoms with Crippen molar-refractivity contribution in [2.24, 2.45) is 0 Å². The number of carbonyl (C=O) groups is 1. The first kappa shape index (κ1) is 19.8. The third-order valence-corrected chi connectivity index (χ3v) is 6.82. The summed E-state index contributed by atoms with van der Waals surface area (Å²) in [4.78, 5) is 22.1. The summed E-state index contributed by atoms with van der Waals surface area (Å²) in [7, 11) is 0. The molecule has 0 spiro atoms. The Labute approximate surface area is 173 Å². The topological polar surface area (TPSA) is 36.4 Å². The molecular formula is C20H26IN3OS. The van der Waals surface area contributed by atoms with Crippen molar-refractivity contribution >= 4 is 39.8 Å². The predicted octanol–water partition coefficient (Wildman–Crippen LogP) is 4.39. The van der Waals surface area contributed by atoms with Crippen LogP contribution in [-0.2, 0) is 12.0 Å². The normalized spacial score (nSPS) is 16.5. The zero-order chi connectivity index (χ0) is 18.7. The van der Waals surface area contributed by atoms with E-state index < -0.39 is 0 Å². The third-order valence-electron chi connectivity index (χ3n) is 4.56. The smallest absolute Gasteiger partial charge is 0.254 e. The summed E-state index contributed by atoms with van der Waals surface area (Å²) in [5.74, 6) is 0.153. The minimum absolute atomic E-state index is 0.109. The maximum Gasteiger partial charge on any atom is 0.254 e. The lowest BCUT2D eigenvalue weighted by molar-refractivity contribution is 0.0760. The molecule has 6 heteroatoms. The first-order valence-electron chi connectivity index (χ1n) is 9.05. The van der Waals surface area contributed by atoms with Gasteiger partial charge < -0.3 is 4.90 Å². The van der Waals surface area contributed by atoms with E-state index in [1.54, 1.807) is 11.3 Å². The van der Waals surface area contributed by atoms with E-state index in [0.717, 1.165) is 54.0 Å². The van der Waals surface area contributed by atoms with Gasteiger partial charge >= 0.3 is 0 Å². The van der Waals surface area contributed by atoms with Gasteiger partial charge in [0.15, 0.2) is 0 Å². The summed E-state index contributed by atoms with van der Waals surface area (Å²) in [6.45, 7) is 11.0. The summed E-state index contributed by atoms with van der Waals surface area (Å²) < 4.78 is 1.02. The molecule has 1 aliphatic heterocycles. The van der Waals surface area contributed by atoms with Gasteiger partial charge in [-0.05, 0) is 41.1 Å². The maximum absolute atomic E-state index is 12.8. The van der Waals surface area contributed by atoms with Crippen LogP contribution in [0.2, 0.25) is 0 Å². The highest BCUT2D eigenvalue weighted by Gasteiger charge is 2.23. The average molecular weight is 483 g/mol. The van der Waals surface area contributed by atoms with Gasteiger partial charge in [-0.3, -0.25) is 9.69 Å². The molecule has 0 radical (unpaired) electrons. The molecular weight excluding hydrogens is 457 g/mol. The molecule has 140 valence electrons. The van der Waals surface area contributed by atoms with E-state index in [1.807, 2.05) is 29.2 Å². The molecule has 26 heavy (non-hydrogen) atoms. The summed E-state index contributed by atoms with van der Waals surface area (Å²) in [6.07, 6.45) is 1.01. The van der Waals surface area contributed by atoms with Crippen LogP contribution in [0.5, 0.6) is 0 Å². The van der Waals surface area contributed by atoms with Crippen LogP contribution in [0.25, 0.3) is 0 Å². The fourth-order valence-electron chi connectivity index (χ4n) is 3.09. The number of benzene rings is 1. The Hall–Kier alpha value is -0.990. The van der Waals surface area contributed by atoms with Crippen LogP contribution in [0, 0.1) is 3.57 Å². The van der Waals surface area contributed by atoms with Gasteiger partial charge in [0.2, 0.25) is 0 Å². The van der Waals surface area contributed by atoms with Crippen LogP contribution >= 0.6 is 33.9 Å². The number of halogens is 1. The van der Waals surface area contributed by atoms with Crippen molar-refractivity contribution < 1.29 is 4.79 Å². The van der Waals surface area contributed by atoms with Gasteiger partial charge in [-0.1, -0.05) is 32.9 Å². The number of hydrogen-bond acceptors (Lipinski definition) is 4. The highest BCUT2D eigenvalue weighted by molar-refractivity contribution is 14.1. The minimum Gasteiger partial charge on any atom is -0.337 e. The van der Waals surface area contributed by atoms with E-state index in [2.05, 4.69) is 53.6 Å². The first-order chi connectivity index (χ1) is 12.3. The van der Waals surface area contributed by atoms with Crippen molar-refractivity contribution in [3.8, 4) is 0 Å². The number of rotatable bonds is 3. The molecule has 0 aliphatic carbocycles. The molecule has 0 unspecified atom stereocenters. The molecule has 4 nitrogen and oxygen atoms in total. The van der Waals surface area contributed by atoms with Crippen LogP contribution in [0.4, 0.5) is 0 Å². The number of aromatic nitrogens is 1. The van der Waals surface area contributed by atoms with Crippen molar-refractivity contribution in [3.05, 3.63) is 49.5 Å². The largest absolute Gasteiger partial charge is 0.337 e. The molecule has 1 aromatic heterocycles. The molecule has 3 rings (SSSR count). The second-order valence-corrected chi connectivity index (χ2v) is 9.82. The molecule has 1 aromatic carbocycles. The lowest BCUT2D eigenvalue weighted by atomic mass is 9.98. The van der Waals surface area contributed by atoms with Gasteiger partial charge in [0.05, 0.1) is 16.3 Å². The standard InChI is InChI=1S/C20H26IN3OS/c1-20(2,3)19-22-15(14-26-19)13-23-9-6-10-24(12-11-23)18(25)16-7-4-5-8-17(16)21/h4-5,7-8,14H,6,9-13H2,1-3H3. The van der Waals surface area contributed by atoms with E-state index in [0.29, 0.717) is 0 Å². The lowest BCUT2D eigenvalue weighted by Crippen LogP contribution is -2.35. The fraction of sp³-hybridized carbons (Fsp3) is 0.500. The Morgan fingerprint density at radius 1 is 1.19 bits per heavy atom. The van der Waals surface area contributed by atoms with Gasteiger partial charge in [0.1, 0.15) is 0 Å². The van der Waals surface area contributed by atoms with E-state index in [-0.39, 0.29) is 11.3 Å². The first-order valence-corrected chi connectivity index (χ1v) is 11.0. The van der Waals surface area contributed by atoms with E-state index in [4.69, 9.17) is 4.98 Å². The second kappa shape index (κ2) is 8.35. The highest BCUT2D eigenvalue weighted by atomic mass is 127. The van der Waals surface area contributed by atoms with Gasteiger partial charge in [-0.25, -0.2) is 4.98 Å². The van der Waals surface area contributed by atoms with Crippen LogP contribution in [0.15, 0.2) is 29.6 Å². The zero-order valence-electron chi connectivity index (χ0n) is 15.7. The Morgan fingerprint density at radius 3 is 2.65 bits per heavy atom. The Balaban J connectivity index is 1.61. The number of thiazole rings is 1. The Kier molecular flexibility index (Phi) is 6.35. The van der Waals surface area contributed by atoms with Gasteiger partial charge in [-0.2, -0.15) is 0 Å². The number of amides is 1. The molecule has 2 heterocycles. The lowest BCUT2D eigenvalue weighted by Gasteiger charge is -2.22. The summed E-state index contributed by atoms with van der Waals surface area (Å²) in [5, 5.41) is 3.37. The molecule has 1 saturated heterocycles. The maximum atomic E-state index is 12.8. The number of hydrogen-bond donors (Lipinski definition) is 0. The molecule has 1 amide bonds. The predicted molar refractivity (Wildman–Crippen MR) is 116 cm³/mol. The molecule has 2 aromatic rings. The van der Waals surface area contributed by atoms with Crippen molar-refractivity contribution in [2.75, 3.05) is 26.2 Å². The monoisotopic (exact) mass is 483 g/mol. The SMILES string of the molecule is CC(C)(C)c1nc(CN2CCCN(C(=O)c3ccccc3I)CC2)cs1. The molecule has 0 saturated carbocycles. The number of carbonyl (C=O) groups excluding carboxylic acids is 1. The van der Waals surface area contributed by atoms with Crippen molar-refractivity contribution in [3.63, 3.8) is 0 Å². The molecule has 1 fully saturated rings. The van der Waals surface area contributed by atoms with Crippen LogP contribution < -0.4 is 0 Å². The number of nitrogens with zero attached hydrogens (tertiary/aromatic N) is 3. The fourth-order valence-corrected chi connectivity index (χ4v) is 4.61. The van der Waals surface area contributed by atoms with E-state index in [9.17, 15) is 4.79 Å². The van der Waals surface area contributed by atoms with E-state index >= 15 is 0 Å². The van der Waals surface area contributed by atoms with Crippen molar-refractivity contribution in [2.45, 2.75) is 39.2 Å². The van der Waals surface area contributed by atoms with Gasteiger partial charge in [0.25, 0.3) is 5.91 Å². The summed E-state index contributed by atoms with van der Waals surface area (Å²) >= 11 is 4.00. The average Bonchev–Trinajstić information content (AvgIpc) is 2.94. The van der Waals surface area contributed by atoms with Crippen LogP contribution in [-0.4, -0.2) is 46.9 Å². The zero-order valence-corrected chi connectivity index (χ0v) is 18.6. The second-order valence-electron chi connectivity index (χ2n) is 7.80. The third kappa shape index (κ3) is 4.84. The summed E-state index contributed by atoms with van der Waals surface area (Å²) in [6, 6.07) is 7.83.